The first-order valence-electron chi connectivity index (χ1n) is 15.8. The Kier molecular flexibility index (Phi) is 11.2. The summed E-state index contributed by atoms with van der Waals surface area (Å²) in [6, 6.07) is 28.9. The molecule has 1 aliphatic carbocycles. The van der Waals surface area contributed by atoms with E-state index in [1.54, 1.807) is 49.6 Å². The van der Waals surface area contributed by atoms with Crippen molar-refractivity contribution < 1.29 is 22.7 Å². The van der Waals surface area contributed by atoms with Gasteiger partial charge in [-0.3, -0.25) is 13.9 Å². The fourth-order valence-electron chi connectivity index (χ4n) is 5.89. The lowest BCUT2D eigenvalue weighted by atomic mass is 10.0. The van der Waals surface area contributed by atoms with Gasteiger partial charge in [-0.2, -0.15) is 0 Å². The number of hydrogen-bond acceptors (Lipinski definition) is 5. The van der Waals surface area contributed by atoms with Crippen molar-refractivity contribution in [3.63, 3.8) is 0 Å². The molecule has 4 aromatic rings. The largest absolute Gasteiger partial charge is 0.497 e. The van der Waals surface area contributed by atoms with Gasteiger partial charge in [0.25, 0.3) is 10.0 Å². The van der Waals surface area contributed by atoms with E-state index < -0.39 is 28.5 Å². The number of benzene rings is 4. The average molecular weight is 674 g/mol. The quantitative estimate of drug-likeness (QED) is 0.174. The van der Waals surface area contributed by atoms with Gasteiger partial charge in [-0.05, 0) is 67.3 Å². The Morgan fingerprint density at radius 1 is 0.894 bits per heavy atom. The van der Waals surface area contributed by atoms with E-state index in [2.05, 4.69) is 5.32 Å². The van der Waals surface area contributed by atoms with Crippen molar-refractivity contribution in [3.8, 4) is 5.75 Å². The molecule has 246 valence electrons. The number of ether oxygens (including phenoxy) is 1. The van der Waals surface area contributed by atoms with Gasteiger partial charge in [-0.15, -0.1) is 0 Å². The van der Waals surface area contributed by atoms with Crippen LogP contribution >= 0.6 is 11.6 Å². The molecule has 1 aliphatic rings. The first-order chi connectivity index (χ1) is 22.7. The standard InChI is InChI=1S/C37H40ClN3O5S/c1-27-19-21-32(22-20-27)47(44,45)41(34-18-9-8-17-33(34)38)26-36(42)40(25-29-13-10-16-31(23-29)46-2)35(24-28-11-4-3-5-12-28)37(43)39-30-14-6-7-15-30/h3-5,8-13,16-23,30,35H,6-7,14-15,24-26H2,1-2H3,(H,39,43)/t35-/m1/s1. The number of nitrogens with zero attached hydrogens (tertiary/aromatic N) is 2. The predicted octanol–water partition coefficient (Wildman–Crippen LogP) is 6.55. The van der Waals surface area contributed by atoms with E-state index in [0.29, 0.717) is 5.75 Å². The molecule has 47 heavy (non-hydrogen) atoms. The van der Waals surface area contributed by atoms with E-state index in [1.807, 2.05) is 55.5 Å². The summed E-state index contributed by atoms with van der Waals surface area (Å²) in [6.45, 7) is 1.34. The molecule has 1 saturated carbocycles. The highest BCUT2D eigenvalue weighted by molar-refractivity contribution is 7.92. The second kappa shape index (κ2) is 15.5. The second-order valence-electron chi connectivity index (χ2n) is 11.8. The maximum absolute atomic E-state index is 14.7. The number of carbonyl (C=O) groups excluding carboxylic acids is 2. The van der Waals surface area contributed by atoms with E-state index in [9.17, 15) is 18.0 Å². The van der Waals surface area contributed by atoms with Crippen molar-refractivity contribution in [2.45, 2.75) is 62.6 Å². The maximum Gasteiger partial charge on any atom is 0.264 e. The van der Waals surface area contributed by atoms with Crippen LogP contribution in [0.25, 0.3) is 0 Å². The highest BCUT2D eigenvalue weighted by Crippen LogP contribution is 2.31. The van der Waals surface area contributed by atoms with Crippen LogP contribution in [0.3, 0.4) is 0 Å². The van der Waals surface area contributed by atoms with E-state index in [0.717, 1.165) is 46.7 Å². The molecule has 8 nitrogen and oxygen atoms in total. The molecule has 1 atom stereocenters. The van der Waals surface area contributed by atoms with Crippen LogP contribution in [0.5, 0.6) is 5.75 Å². The van der Waals surface area contributed by atoms with Crippen molar-refractivity contribution in [2.24, 2.45) is 0 Å². The van der Waals surface area contributed by atoms with Gasteiger partial charge < -0.3 is 15.0 Å². The molecule has 0 bridgehead atoms. The van der Waals surface area contributed by atoms with Gasteiger partial charge in [0.05, 0.1) is 22.7 Å². The number of methoxy groups -OCH3 is 1. The van der Waals surface area contributed by atoms with Crippen LogP contribution in [0.15, 0.2) is 108 Å². The summed E-state index contributed by atoms with van der Waals surface area (Å²) in [6.07, 6.45) is 4.06. The number of amides is 2. The minimum absolute atomic E-state index is 0.0231. The first kappa shape index (κ1) is 34.0. The van der Waals surface area contributed by atoms with Crippen LogP contribution in [-0.4, -0.2) is 50.9 Å². The summed E-state index contributed by atoms with van der Waals surface area (Å²) in [5, 5.41) is 3.36. The number of nitrogens with one attached hydrogen (secondary N) is 1. The summed E-state index contributed by atoms with van der Waals surface area (Å²) in [5.74, 6) is -0.224. The lowest BCUT2D eigenvalue weighted by molar-refractivity contribution is -0.140. The lowest BCUT2D eigenvalue weighted by Crippen LogP contribution is -2.54. The molecule has 0 unspecified atom stereocenters. The summed E-state index contributed by atoms with van der Waals surface area (Å²) in [4.78, 5) is 30.3. The third-order valence-electron chi connectivity index (χ3n) is 8.47. The van der Waals surface area contributed by atoms with Gasteiger partial charge in [0.2, 0.25) is 11.8 Å². The van der Waals surface area contributed by atoms with Gasteiger partial charge in [-0.25, -0.2) is 8.42 Å². The monoisotopic (exact) mass is 673 g/mol. The van der Waals surface area contributed by atoms with Crippen LogP contribution in [0.1, 0.15) is 42.4 Å². The second-order valence-corrected chi connectivity index (χ2v) is 14.1. The first-order valence-corrected chi connectivity index (χ1v) is 17.6. The van der Waals surface area contributed by atoms with Crippen molar-refractivity contribution in [1.82, 2.24) is 10.2 Å². The topological polar surface area (TPSA) is 96.0 Å². The Labute approximate surface area is 282 Å². The zero-order valence-corrected chi connectivity index (χ0v) is 28.2. The van der Waals surface area contributed by atoms with Gasteiger partial charge >= 0.3 is 0 Å². The number of rotatable bonds is 13. The molecule has 0 saturated heterocycles. The number of aryl methyl sites for hydroxylation is 1. The van der Waals surface area contributed by atoms with Gasteiger partial charge in [-0.1, -0.05) is 96.7 Å². The minimum atomic E-state index is -4.25. The molecule has 0 spiro atoms. The van der Waals surface area contributed by atoms with E-state index in [1.165, 1.54) is 17.0 Å². The number of sulfonamides is 1. The zero-order chi connectivity index (χ0) is 33.4. The number of anilines is 1. The molecule has 0 aromatic heterocycles. The molecule has 5 rings (SSSR count). The van der Waals surface area contributed by atoms with Crippen molar-refractivity contribution in [3.05, 3.63) is 125 Å². The predicted molar refractivity (Wildman–Crippen MR) is 185 cm³/mol. The Bertz CT molecular complexity index is 1780. The minimum Gasteiger partial charge on any atom is -0.497 e. The summed E-state index contributed by atoms with van der Waals surface area (Å²) < 4.78 is 34.9. The van der Waals surface area contributed by atoms with E-state index in [-0.39, 0.29) is 40.5 Å². The van der Waals surface area contributed by atoms with E-state index in [4.69, 9.17) is 16.3 Å². The van der Waals surface area contributed by atoms with Crippen LogP contribution < -0.4 is 14.4 Å². The van der Waals surface area contributed by atoms with Crippen LogP contribution in [0.4, 0.5) is 5.69 Å². The fraction of sp³-hybridized carbons (Fsp3) is 0.297. The Morgan fingerprint density at radius 2 is 1.55 bits per heavy atom. The van der Waals surface area contributed by atoms with Crippen molar-refractivity contribution in [2.75, 3.05) is 18.0 Å². The molecule has 0 heterocycles. The highest BCUT2D eigenvalue weighted by atomic mass is 35.5. The Morgan fingerprint density at radius 3 is 2.23 bits per heavy atom. The third-order valence-corrected chi connectivity index (χ3v) is 10.6. The lowest BCUT2D eigenvalue weighted by Gasteiger charge is -2.34. The van der Waals surface area contributed by atoms with Crippen molar-refractivity contribution in [1.29, 1.82) is 0 Å². The molecule has 0 radical (unpaired) electrons. The van der Waals surface area contributed by atoms with Crippen LogP contribution in [0, 0.1) is 6.92 Å². The highest BCUT2D eigenvalue weighted by Gasteiger charge is 2.36. The molecule has 1 N–H and O–H groups in total. The molecular weight excluding hydrogens is 634 g/mol. The number of halogens is 1. The maximum atomic E-state index is 14.7. The summed E-state index contributed by atoms with van der Waals surface area (Å²) in [7, 11) is -2.69. The third kappa shape index (κ3) is 8.53. The SMILES string of the molecule is COc1cccc(CN(C(=O)CN(c2ccccc2Cl)S(=O)(=O)c2ccc(C)cc2)[C@H](Cc2ccccc2)C(=O)NC2CCCC2)c1. The number of para-hydroxylation sites is 1. The van der Waals surface area contributed by atoms with Gasteiger partial charge in [0.15, 0.2) is 0 Å². The fourth-order valence-corrected chi connectivity index (χ4v) is 7.61. The molecule has 0 aliphatic heterocycles. The van der Waals surface area contributed by atoms with Gasteiger partial charge in [0.1, 0.15) is 18.3 Å². The average Bonchev–Trinajstić information content (AvgIpc) is 3.59. The zero-order valence-electron chi connectivity index (χ0n) is 26.6. The molecule has 1 fully saturated rings. The Balaban J connectivity index is 1.58. The molecular formula is C37H40ClN3O5S. The number of hydrogen-bond donors (Lipinski definition) is 1. The summed E-state index contributed by atoms with van der Waals surface area (Å²) >= 11 is 6.57. The van der Waals surface area contributed by atoms with Crippen molar-refractivity contribution >= 4 is 39.1 Å². The molecule has 4 aromatic carbocycles. The van der Waals surface area contributed by atoms with Crippen LogP contribution in [-0.2, 0) is 32.6 Å². The van der Waals surface area contributed by atoms with E-state index >= 15 is 0 Å². The normalized spacial score (nSPS) is 13.9. The number of carbonyl (C=O) groups is 2. The van der Waals surface area contributed by atoms with Gasteiger partial charge in [0, 0.05) is 19.0 Å². The molecule has 2 amide bonds. The molecule has 10 heteroatoms. The van der Waals surface area contributed by atoms with Crippen LogP contribution in [0.2, 0.25) is 5.02 Å². The Hall–Kier alpha value is -4.34. The smallest absolute Gasteiger partial charge is 0.264 e. The summed E-state index contributed by atoms with van der Waals surface area (Å²) in [5.41, 5.74) is 2.66.